The third kappa shape index (κ3) is 5.22. The largest absolute Gasteiger partial charge is 0.370 e. The predicted octanol–water partition coefficient (Wildman–Crippen LogP) is 1.92. The van der Waals surface area contributed by atoms with Crippen LogP contribution in [0.1, 0.15) is 34.1 Å². The standard InChI is InChI=1S/C9H17NO2.C2H6/c1-8(2)3-4-10-5-6-12-7-9(10)11;1-2/h8H,3-7H2,1-2H3;1-2H3. The minimum Gasteiger partial charge on any atom is -0.370 e. The highest BCUT2D eigenvalue weighted by Gasteiger charge is 2.17. The van der Waals surface area contributed by atoms with E-state index < -0.39 is 0 Å². The third-order valence-corrected chi connectivity index (χ3v) is 2.06. The number of rotatable bonds is 3. The molecule has 1 amide bonds. The zero-order valence-corrected chi connectivity index (χ0v) is 9.88. The Bertz CT molecular complexity index is 157. The van der Waals surface area contributed by atoms with Crippen molar-refractivity contribution < 1.29 is 9.53 Å². The van der Waals surface area contributed by atoms with E-state index in [0.29, 0.717) is 12.5 Å². The lowest BCUT2D eigenvalue weighted by atomic mass is 10.1. The van der Waals surface area contributed by atoms with Crippen molar-refractivity contribution in [3.05, 3.63) is 0 Å². The first-order valence-corrected chi connectivity index (χ1v) is 5.55. The zero-order valence-electron chi connectivity index (χ0n) is 9.88. The minimum atomic E-state index is 0.141. The van der Waals surface area contributed by atoms with Crippen molar-refractivity contribution in [1.29, 1.82) is 0 Å². The summed E-state index contributed by atoms with van der Waals surface area (Å²) in [5.74, 6) is 0.808. The number of ether oxygens (including phenoxy) is 1. The molecular formula is C11H23NO2. The van der Waals surface area contributed by atoms with Gasteiger partial charge in [-0.3, -0.25) is 4.79 Å². The average molecular weight is 201 g/mol. The maximum Gasteiger partial charge on any atom is 0.248 e. The van der Waals surface area contributed by atoms with Gasteiger partial charge in [0, 0.05) is 13.1 Å². The monoisotopic (exact) mass is 201 g/mol. The predicted molar refractivity (Wildman–Crippen MR) is 58.2 cm³/mol. The first-order valence-electron chi connectivity index (χ1n) is 5.55. The zero-order chi connectivity index (χ0) is 11.0. The van der Waals surface area contributed by atoms with Crippen molar-refractivity contribution in [3.63, 3.8) is 0 Å². The molecule has 14 heavy (non-hydrogen) atoms. The van der Waals surface area contributed by atoms with Crippen molar-refractivity contribution in [3.8, 4) is 0 Å². The summed E-state index contributed by atoms with van der Waals surface area (Å²) in [7, 11) is 0. The smallest absolute Gasteiger partial charge is 0.248 e. The van der Waals surface area contributed by atoms with Gasteiger partial charge in [-0.1, -0.05) is 27.7 Å². The molecule has 84 valence electrons. The average Bonchev–Trinajstić information content (AvgIpc) is 2.19. The van der Waals surface area contributed by atoms with Crippen LogP contribution in [0.5, 0.6) is 0 Å². The highest BCUT2D eigenvalue weighted by Crippen LogP contribution is 2.04. The maximum atomic E-state index is 11.2. The minimum absolute atomic E-state index is 0.141. The molecule has 0 bridgehead atoms. The molecule has 0 saturated carbocycles. The second-order valence-electron chi connectivity index (χ2n) is 3.62. The lowest BCUT2D eigenvalue weighted by molar-refractivity contribution is -0.142. The molecule has 3 nitrogen and oxygen atoms in total. The first kappa shape index (κ1) is 13.4. The summed E-state index contributed by atoms with van der Waals surface area (Å²) >= 11 is 0. The molecule has 0 atom stereocenters. The number of hydrogen-bond donors (Lipinski definition) is 0. The summed E-state index contributed by atoms with van der Waals surface area (Å²) in [6.45, 7) is 11.0. The van der Waals surface area contributed by atoms with Gasteiger partial charge in [0.15, 0.2) is 0 Å². The molecular weight excluding hydrogens is 178 g/mol. The van der Waals surface area contributed by atoms with Crippen LogP contribution in [-0.4, -0.2) is 37.1 Å². The Morgan fingerprint density at radius 1 is 1.43 bits per heavy atom. The molecule has 0 aromatic rings. The molecule has 1 aliphatic rings. The van der Waals surface area contributed by atoms with Gasteiger partial charge in [-0.05, 0) is 12.3 Å². The molecule has 0 unspecified atom stereocenters. The van der Waals surface area contributed by atoms with Crippen LogP contribution in [0.4, 0.5) is 0 Å². The molecule has 0 radical (unpaired) electrons. The van der Waals surface area contributed by atoms with Crippen molar-refractivity contribution >= 4 is 5.91 Å². The highest BCUT2D eigenvalue weighted by atomic mass is 16.5. The fourth-order valence-electron chi connectivity index (χ4n) is 1.20. The van der Waals surface area contributed by atoms with Crippen LogP contribution >= 0.6 is 0 Å². The van der Waals surface area contributed by atoms with Crippen LogP contribution in [0, 0.1) is 5.92 Å². The second kappa shape index (κ2) is 7.80. The highest BCUT2D eigenvalue weighted by molar-refractivity contribution is 5.77. The second-order valence-corrected chi connectivity index (χ2v) is 3.62. The van der Waals surface area contributed by atoms with E-state index in [9.17, 15) is 4.79 Å². The van der Waals surface area contributed by atoms with E-state index >= 15 is 0 Å². The molecule has 3 heteroatoms. The van der Waals surface area contributed by atoms with Gasteiger partial charge >= 0.3 is 0 Å². The van der Waals surface area contributed by atoms with Gasteiger partial charge in [0.05, 0.1) is 6.61 Å². The fourth-order valence-corrected chi connectivity index (χ4v) is 1.20. The summed E-state index contributed by atoms with van der Waals surface area (Å²) in [6, 6.07) is 0. The lowest BCUT2D eigenvalue weighted by Crippen LogP contribution is -2.42. The van der Waals surface area contributed by atoms with Gasteiger partial charge in [-0.2, -0.15) is 0 Å². The SMILES string of the molecule is CC.CC(C)CCN1CCOCC1=O. The van der Waals surface area contributed by atoms with Crippen LogP contribution < -0.4 is 0 Å². The van der Waals surface area contributed by atoms with Gasteiger partial charge in [0.2, 0.25) is 5.91 Å². The van der Waals surface area contributed by atoms with E-state index in [2.05, 4.69) is 13.8 Å². The number of hydrogen-bond acceptors (Lipinski definition) is 2. The molecule has 0 aromatic carbocycles. The quantitative estimate of drug-likeness (QED) is 0.698. The molecule has 1 heterocycles. The summed E-state index contributed by atoms with van der Waals surface area (Å²) < 4.78 is 5.03. The Morgan fingerprint density at radius 2 is 2.07 bits per heavy atom. The Kier molecular flexibility index (Phi) is 7.48. The van der Waals surface area contributed by atoms with Crippen molar-refractivity contribution in [1.82, 2.24) is 4.90 Å². The summed E-state index contributed by atoms with van der Waals surface area (Å²) in [6.07, 6.45) is 1.09. The van der Waals surface area contributed by atoms with Crippen LogP contribution in [0.2, 0.25) is 0 Å². The van der Waals surface area contributed by atoms with E-state index in [1.165, 1.54) is 0 Å². The van der Waals surface area contributed by atoms with E-state index in [0.717, 1.165) is 19.5 Å². The molecule has 1 saturated heterocycles. The van der Waals surface area contributed by atoms with E-state index in [4.69, 9.17) is 4.74 Å². The first-order chi connectivity index (χ1) is 6.70. The Hall–Kier alpha value is -0.570. The molecule has 0 aromatic heterocycles. The van der Waals surface area contributed by atoms with Gasteiger partial charge in [0.25, 0.3) is 0 Å². The maximum absolute atomic E-state index is 11.2. The molecule has 1 aliphatic heterocycles. The normalized spacial score (nSPS) is 16.6. The number of amides is 1. The lowest BCUT2D eigenvalue weighted by Gasteiger charge is -2.27. The summed E-state index contributed by atoms with van der Waals surface area (Å²) in [5.41, 5.74) is 0. The summed E-state index contributed by atoms with van der Waals surface area (Å²) in [5, 5.41) is 0. The molecule has 0 aliphatic carbocycles. The molecule has 1 rings (SSSR count). The van der Waals surface area contributed by atoms with Crippen LogP contribution in [-0.2, 0) is 9.53 Å². The van der Waals surface area contributed by atoms with E-state index in [1.54, 1.807) is 0 Å². The van der Waals surface area contributed by atoms with E-state index in [-0.39, 0.29) is 12.5 Å². The van der Waals surface area contributed by atoms with Gasteiger partial charge in [0.1, 0.15) is 6.61 Å². The van der Waals surface area contributed by atoms with E-state index in [1.807, 2.05) is 18.7 Å². The third-order valence-electron chi connectivity index (χ3n) is 2.06. The topological polar surface area (TPSA) is 29.5 Å². The van der Waals surface area contributed by atoms with Crippen molar-refractivity contribution in [2.75, 3.05) is 26.3 Å². The van der Waals surface area contributed by atoms with Crippen LogP contribution in [0.15, 0.2) is 0 Å². The van der Waals surface area contributed by atoms with Gasteiger partial charge in [-0.25, -0.2) is 0 Å². The molecule has 1 fully saturated rings. The number of carbonyl (C=O) groups is 1. The Balaban J connectivity index is 0.000000791. The van der Waals surface area contributed by atoms with Crippen molar-refractivity contribution in [2.45, 2.75) is 34.1 Å². The summed E-state index contributed by atoms with van der Waals surface area (Å²) in [4.78, 5) is 13.1. The fraction of sp³-hybridized carbons (Fsp3) is 0.909. The van der Waals surface area contributed by atoms with Crippen molar-refractivity contribution in [2.24, 2.45) is 5.92 Å². The molecule has 0 N–H and O–H groups in total. The number of morpholine rings is 1. The van der Waals surface area contributed by atoms with Crippen LogP contribution in [0.3, 0.4) is 0 Å². The van der Waals surface area contributed by atoms with Crippen LogP contribution in [0.25, 0.3) is 0 Å². The Morgan fingerprint density at radius 3 is 2.57 bits per heavy atom. The number of nitrogens with zero attached hydrogens (tertiary/aromatic N) is 1. The Labute approximate surface area is 87.4 Å². The van der Waals surface area contributed by atoms with Gasteiger partial charge in [-0.15, -0.1) is 0 Å². The number of carbonyl (C=O) groups excluding carboxylic acids is 1. The molecule has 0 spiro atoms. The van der Waals surface area contributed by atoms with Gasteiger partial charge < -0.3 is 9.64 Å².